The van der Waals surface area contributed by atoms with Gasteiger partial charge in [-0.3, -0.25) is 4.79 Å². The molecule has 1 aromatic carbocycles. The molecule has 6 heteroatoms. The number of aromatic nitrogens is 1. The van der Waals surface area contributed by atoms with Crippen molar-refractivity contribution in [1.29, 1.82) is 0 Å². The number of halogens is 1. The molecule has 23 heavy (non-hydrogen) atoms. The summed E-state index contributed by atoms with van der Waals surface area (Å²) in [5.74, 6) is 1.35. The topological polar surface area (TPSA) is 63.2 Å². The molecule has 0 saturated carbocycles. The van der Waals surface area contributed by atoms with Gasteiger partial charge in [-0.25, -0.2) is 4.98 Å². The Bertz CT molecular complexity index is 613. The minimum absolute atomic E-state index is 0. The largest absolute Gasteiger partial charge is 0.439 e. The maximum atomic E-state index is 11.9. The van der Waals surface area contributed by atoms with Crippen molar-refractivity contribution >= 4 is 18.3 Å². The van der Waals surface area contributed by atoms with Crippen LogP contribution in [0.25, 0.3) is 0 Å². The summed E-state index contributed by atoms with van der Waals surface area (Å²) in [7, 11) is 0. The number of para-hydroxylation sites is 1. The highest BCUT2D eigenvalue weighted by Crippen LogP contribution is 2.18. The number of benzene rings is 1. The van der Waals surface area contributed by atoms with E-state index in [2.05, 4.69) is 15.6 Å². The van der Waals surface area contributed by atoms with E-state index in [1.807, 2.05) is 42.5 Å². The molecule has 1 aliphatic heterocycles. The second-order valence-electron chi connectivity index (χ2n) is 5.29. The first-order valence-corrected chi connectivity index (χ1v) is 7.50. The van der Waals surface area contributed by atoms with Gasteiger partial charge in [0.05, 0.1) is 6.04 Å². The lowest BCUT2D eigenvalue weighted by molar-refractivity contribution is -0.122. The third kappa shape index (κ3) is 4.94. The summed E-state index contributed by atoms with van der Waals surface area (Å²) >= 11 is 0. The van der Waals surface area contributed by atoms with Crippen LogP contribution in [0.1, 0.15) is 18.4 Å². The zero-order chi connectivity index (χ0) is 15.2. The van der Waals surface area contributed by atoms with E-state index >= 15 is 0 Å². The second kappa shape index (κ2) is 8.50. The lowest BCUT2D eigenvalue weighted by Gasteiger charge is -2.11. The first-order valence-electron chi connectivity index (χ1n) is 7.50. The minimum atomic E-state index is -0.0475. The molecule has 0 radical (unpaired) electrons. The Morgan fingerprint density at radius 1 is 1.26 bits per heavy atom. The van der Waals surface area contributed by atoms with E-state index in [0.29, 0.717) is 12.4 Å². The van der Waals surface area contributed by atoms with Crippen molar-refractivity contribution in [3.63, 3.8) is 0 Å². The standard InChI is InChI=1S/C17H19N3O2.ClH/c21-17(15-7-4-10-18-15)20-12-13-8-9-16(19-11-13)22-14-5-2-1-3-6-14;/h1-3,5-6,8-9,11,15,18H,4,7,10,12H2,(H,20,21);1H. The SMILES string of the molecule is Cl.O=C(NCc1ccc(Oc2ccccc2)nc1)C1CCCN1. The van der Waals surface area contributed by atoms with Gasteiger partial charge < -0.3 is 15.4 Å². The van der Waals surface area contributed by atoms with Gasteiger partial charge in [0, 0.05) is 18.8 Å². The summed E-state index contributed by atoms with van der Waals surface area (Å²) in [5.41, 5.74) is 0.951. The van der Waals surface area contributed by atoms with Crippen LogP contribution >= 0.6 is 12.4 Å². The number of hydrogen-bond donors (Lipinski definition) is 2. The Morgan fingerprint density at radius 3 is 2.74 bits per heavy atom. The summed E-state index contributed by atoms with van der Waals surface area (Å²) in [6.45, 7) is 1.40. The molecule has 1 aliphatic rings. The lowest BCUT2D eigenvalue weighted by Crippen LogP contribution is -2.40. The van der Waals surface area contributed by atoms with Gasteiger partial charge in [-0.05, 0) is 37.1 Å². The van der Waals surface area contributed by atoms with Gasteiger partial charge >= 0.3 is 0 Å². The lowest BCUT2D eigenvalue weighted by atomic mass is 10.2. The second-order valence-corrected chi connectivity index (χ2v) is 5.29. The van der Waals surface area contributed by atoms with Crippen molar-refractivity contribution in [3.05, 3.63) is 54.2 Å². The van der Waals surface area contributed by atoms with Crippen molar-refractivity contribution in [3.8, 4) is 11.6 Å². The van der Waals surface area contributed by atoms with E-state index in [1.165, 1.54) is 0 Å². The predicted octanol–water partition coefficient (Wildman–Crippen LogP) is 2.66. The van der Waals surface area contributed by atoms with Crippen LogP contribution in [-0.4, -0.2) is 23.5 Å². The van der Waals surface area contributed by atoms with Crippen LogP contribution in [0.5, 0.6) is 11.6 Å². The predicted molar refractivity (Wildman–Crippen MR) is 90.9 cm³/mol. The van der Waals surface area contributed by atoms with Crippen LogP contribution in [-0.2, 0) is 11.3 Å². The fraction of sp³-hybridized carbons (Fsp3) is 0.294. The van der Waals surface area contributed by atoms with Crippen molar-refractivity contribution in [2.45, 2.75) is 25.4 Å². The fourth-order valence-electron chi connectivity index (χ4n) is 2.41. The molecule has 1 fully saturated rings. The summed E-state index contributed by atoms with van der Waals surface area (Å²) < 4.78 is 5.63. The molecule has 122 valence electrons. The van der Waals surface area contributed by atoms with E-state index in [1.54, 1.807) is 6.20 Å². The normalized spacial score (nSPS) is 16.4. The molecule has 1 atom stereocenters. The molecule has 2 aromatic rings. The molecule has 1 amide bonds. The van der Waals surface area contributed by atoms with Gasteiger partial charge in [0.2, 0.25) is 11.8 Å². The van der Waals surface area contributed by atoms with Crippen LogP contribution in [0.4, 0.5) is 0 Å². The Labute approximate surface area is 141 Å². The van der Waals surface area contributed by atoms with E-state index in [0.717, 1.165) is 30.7 Å². The summed E-state index contributed by atoms with van der Waals surface area (Å²) in [6.07, 6.45) is 3.69. The monoisotopic (exact) mass is 333 g/mol. The average Bonchev–Trinajstić information content (AvgIpc) is 3.09. The van der Waals surface area contributed by atoms with Crippen LogP contribution < -0.4 is 15.4 Å². The molecule has 0 aliphatic carbocycles. The Balaban J connectivity index is 0.00000192. The van der Waals surface area contributed by atoms with E-state index in [9.17, 15) is 4.79 Å². The quantitative estimate of drug-likeness (QED) is 0.883. The molecule has 1 unspecified atom stereocenters. The van der Waals surface area contributed by atoms with Crippen molar-refractivity contribution in [1.82, 2.24) is 15.6 Å². The number of carbonyl (C=O) groups is 1. The van der Waals surface area contributed by atoms with Gasteiger partial charge in [0.25, 0.3) is 0 Å². The highest BCUT2D eigenvalue weighted by Gasteiger charge is 2.21. The van der Waals surface area contributed by atoms with Crippen LogP contribution in [0.2, 0.25) is 0 Å². The average molecular weight is 334 g/mol. The highest BCUT2D eigenvalue weighted by molar-refractivity contribution is 5.85. The van der Waals surface area contributed by atoms with Crippen LogP contribution in [0.3, 0.4) is 0 Å². The summed E-state index contributed by atoms with van der Waals surface area (Å²) in [4.78, 5) is 16.2. The molecule has 3 rings (SSSR count). The number of rotatable bonds is 5. The van der Waals surface area contributed by atoms with Crippen molar-refractivity contribution in [2.75, 3.05) is 6.54 Å². The molecule has 5 nitrogen and oxygen atoms in total. The third-order valence-electron chi connectivity index (χ3n) is 3.61. The smallest absolute Gasteiger partial charge is 0.237 e. The third-order valence-corrected chi connectivity index (χ3v) is 3.61. The van der Waals surface area contributed by atoms with Gasteiger partial charge in [-0.1, -0.05) is 24.3 Å². The highest BCUT2D eigenvalue weighted by atomic mass is 35.5. The minimum Gasteiger partial charge on any atom is -0.439 e. The molecule has 1 aromatic heterocycles. The number of pyridine rings is 1. The van der Waals surface area contributed by atoms with Gasteiger partial charge in [0.1, 0.15) is 5.75 Å². The zero-order valence-electron chi connectivity index (χ0n) is 12.7. The Morgan fingerprint density at radius 2 is 2.09 bits per heavy atom. The number of carbonyl (C=O) groups excluding carboxylic acids is 1. The van der Waals surface area contributed by atoms with Crippen molar-refractivity contribution in [2.24, 2.45) is 0 Å². The number of hydrogen-bond acceptors (Lipinski definition) is 4. The number of ether oxygens (including phenoxy) is 1. The molecular weight excluding hydrogens is 314 g/mol. The van der Waals surface area contributed by atoms with Gasteiger partial charge in [-0.15, -0.1) is 12.4 Å². The maximum Gasteiger partial charge on any atom is 0.237 e. The van der Waals surface area contributed by atoms with E-state index in [4.69, 9.17) is 4.74 Å². The van der Waals surface area contributed by atoms with Gasteiger partial charge in [-0.2, -0.15) is 0 Å². The molecule has 1 saturated heterocycles. The summed E-state index contributed by atoms with van der Waals surface area (Å²) in [5, 5.41) is 6.11. The first kappa shape index (κ1) is 17.2. The summed E-state index contributed by atoms with van der Waals surface area (Å²) in [6, 6.07) is 13.2. The Kier molecular flexibility index (Phi) is 6.38. The first-order chi connectivity index (χ1) is 10.8. The molecule has 0 bridgehead atoms. The van der Waals surface area contributed by atoms with Crippen LogP contribution in [0, 0.1) is 0 Å². The van der Waals surface area contributed by atoms with Crippen molar-refractivity contribution < 1.29 is 9.53 Å². The molecule has 2 heterocycles. The molecular formula is C17H20ClN3O2. The van der Waals surface area contributed by atoms with E-state index in [-0.39, 0.29) is 24.4 Å². The van der Waals surface area contributed by atoms with E-state index < -0.39 is 0 Å². The van der Waals surface area contributed by atoms with Crippen LogP contribution in [0.15, 0.2) is 48.7 Å². The number of nitrogens with one attached hydrogen (secondary N) is 2. The van der Waals surface area contributed by atoms with Gasteiger partial charge in [0.15, 0.2) is 0 Å². The molecule has 0 spiro atoms. The Hall–Kier alpha value is -2.11. The number of amides is 1. The number of nitrogens with zero attached hydrogens (tertiary/aromatic N) is 1. The fourth-order valence-corrected chi connectivity index (χ4v) is 2.41. The molecule has 2 N–H and O–H groups in total. The zero-order valence-corrected chi connectivity index (χ0v) is 13.5. The maximum absolute atomic E-state index is 11.9.